The number of hydrogen-bond donors (Lipinski definition) is 1. The maximum absolute atomic E-state index is 12.0. The van der Waals surface area contributed by atoms with E-state index in [4.69, 9.17) is 5.73 Å². The van der Waals surface area contributed by atoms with E-state index in [1.54, 1.807) is 0 Å². The van der Waals surface area contributed by atoms with Crippen LogP contribution < -0.4 is 18.1 Å². The molecule has 0 aliphatic carbocycles. The molecule has 134 valence electrons. The van der Waals surface area contributed by atoms with Crippen LogP contribution in [0, 0.1) is 0 Å². The summed E-state index contributed by atoms with van der Waals surface area (Å²) in [5, 5.41) is 0. The van der Waals surface area contributed by atoms with Gasteiger partial charge in [0.2, 0.25) is 0 Å². The first-order chi connectivity index (χ1) is 10.0. The van der Waals surface area contributed by atoms with Crippen LogP contribution in [0.3, 0.4) is 0 Å². The van der Waals surface area contributed by atoms with Gasteiger partial charge in [-0.25, -0.2) is 0 Å². The Balaban J connectivity index is 0. The average Bonchev–Trinajstić information content (AvgIpc) is 2.43. The summed E-state index contributed by atoms with van der Waals surface area (Å²) in [4.78, 5) is 12.0. The molecule has 0 saturated heterocycles. The predicted molar refractivity (Wildman–Crippen MR) is 92.4 cm³/mol. The topological polar surface area (TPSA) is 43.1 Å². The van der Waals surface area contributed by atoms with E-state index in [-0.39, 0.29) is 12.4 Å². The monoisotopic (exact) mass is 334 g/mol. The zero-order chi connectivity index (χ0) is 16.0. The van der Waals surface area contributed by atoms with Crippen molar-refractivity contribution in [2.24, 2.45) is 5.73 Å². The van der Waals surface area contributed by atoms with Crippen LogP contribution in [0.2, 0.25) is 0 Å². The van der Waals surface area contributed by atoms with Gasteiger partial charge in [0.1, 0.15) is 6.54 Å². The Bertz CT molecular complexity index is 257. The maximum Gasteiger partial charge on any atom is 0.186 e. The molecule has 22 heavy (non-hydrogen) atoms. The van der Waals surface area contributed by atoms with Crippen molar-refractivity contribution in [3.63, 3.8) is 0 Å². The Kier molecular flexibility index (Phi) is 17.3. The second-order valence-electron chi connectivity index (χ2n) is 7.08. The highest BCUT2D eigenvalue weighted by Gasteiger charge is 2.18. The molecule has 2 N–H and O–H groups in total. The highest BCUT2D eigenvalue weighted by atomic mass is 35.5. The Hall–Kier alpha value is -0.120. The molecule has 0 atom stereocenters. The smallest absolute Gasteiger partial charge is 0.186 e. The molecule has 0 aliphatic heterocycles. The number of rotatable bonds is 15. The van der Waals surface area contributed by atoms with Crippen LogP contribution in [0.25, 0.3) is 0 Å². The lowest BCUT2D eigenvalue weighted by molar-refractivity contribution is -0.882. The lowest BCUT2D eigenvalue weighted by Crippen LogP contribution is -3.00. The van der Waals surface area contributed by atoms with Crippen LogP contribution in [-0.4, -0.2) is 44.0 Å². The Morgan fingerprint density at radius 1 is 0.864 bits per heavy atom. The number of carbonyl (C=O) groups is 1. The van der Waals surface area contributed by atoms with E-state index < -0.39 is 0 Å². The van der Waals surface area contributed by atoms with Crippen molar-refractivity contribution in [3.8, 4) is 0 Å². The lowest BCUT2D eigenvalue weighted by Gasteiger charge is -2.28. The fourth-order valence-electron chi connectivity index (χ4n) is 2.79. The fraction of sp³-hybridized carbons (Fsp3) is 0.944. The van der Waals surface area contributed by atoms with Crippen molar-refractivity contribution >= 4 is 5.78 Å². The van der Waals surface area contributed by atoms with Crippen molar-refractivity contribution in [2.75, 3.05) is 33.7 Å². The molecule has 0 aromatic carbocycles. The van der Waals surface area contributed by atoms with Gasteiger partial charge in [0.25, 0.3) is 0 Å². The number of hydrogen-bond acceptors (Lipinski definition) is 2. The van der Waals surface area contributed by atoms with E-state index in [1.165, 1.54) is 51.4 Å². The predicted octanol–water partition coefficient (Wildman–Crippen LogP) is 0.906. The zero-order valence-electron chi connectivity index (χ0n) is 15.2. The first-order valence-corrected chi connectivity index (χ1v) is 9.05. The summed E-state index contributed by atoms with van der Waals surface area (Å²) in [6.45, 7) is 4.64. The number of ketones is 1. The fourth-order valence-corrected chi connectivity index (χ4v) is 2.79. The van der Waals surface area contributed by atoms with Crippen LogP contribution in [0.1, 0.15) is 77.6 Å². The summed E-state index contributed by atoms with van der Waals surface area (Å²) in [6, 6.07) is 0. The van der Waals surface area contributed by atoms with Gasteiger partial charge in [-0.15, -0.1) is 0 Å². The molecule has 0 bridgehead atoms. The number of quaternary nitrogens is 1. The summed E-state index contributed by atoms with van der Waals surface area (Å²) >= 11 is 0. The Morgan fingerprint density at radius 3 is 1.86 bits per heavy atom. The number of halogens is 1. The van der Waals surface area contributed by atoms with Crippen LogP contribution in [0.5, 0.6) is 0 Å². The second kappa shape index (κ2) is 15.8. The molecule has 0 fully saturated rings. The van der Waals surface area contributed by atoms with Crippen LogP contribution in [-0.2, 0) is 4.79 Å². The number of carbonyl (C=O) groups excluding carboxylic acids is 1. The molecule has 0 aromatic heterocycles. The molecular weight excluding hydrogens is 296 g/mol. The molecule has 0 radical (unpaired) electrons. The van der Waals surface area contributed by atoms with Crippen molar-refractivity contribution in [2.45, 2.75) is 77.6 Å². The number of Topliss-reactive ketones (excluding diaryl/α,β-unsaturated/α-hetero) is 1. The normalized spacial score (nSPS) is 11.3. The summed E-state index contributed by atoms with van der Waals surface area (Å²) in [5.41, 5.74) is 5.54. The standard InChI is InChI=1S/C18H39N2O.ClH/c1-4-5-6-7-8-9-10-11-12-14-18(21)17-20(2,3)16-13-15-19;/h4-17,19H2,1-3H3;1H/q+1;/p-1. The van der Waals surface area contributed by atoms with Crippen LogP contribution >= 0.6 is 0 Å². The van der Waals surface area contributed by atoms with Crippen molar-refractivity contribution in [1.29, 1.82) is 0 Å². The molecular formula is C18H39ClN2O. The minimum Gasteiger partial charge on any atom is -1.00 e. The summed E-state index contributed by atoms with van der Waals surface area (Å²) in [6.07, 6.45) is 13.6. The van der Waals surface area contributed by atoms with Gasteiger partial charge in [-0.1, -0.05) is 58.3 Å². The van der Waals surface area contributed by atoms with E-state index in [2.05, 4.69) is 21.0 Å². The molecule has 3 nitrogen and oxygen atoms in total. The summed E-state index contributed by atoms with van der Waals surface area (Å²) < 4.78 is 0.785. The summed E-state index contributed by atoms with van der Waals surface area (Å²) in [7, 11) is 4.26. The average molecular weight is 335 g/mol. The minimum absolute atomic E-state index is 0. The second-order valence-corrected chi connectivity index (χ2v) is 7.08. The quantitative estimate of drug-likeness (QED) is 0.357. The highest BCUT2D eigenvalue weighted by Crippen LogP contribution is 2.11. The highest BCUT2D eigenvalue weighted by molar-refractivity contribution is 5.79. The summed E-state index contributed by atoms with van der Waals surface area (Å²) in [5.74, 6) is 0.417. The van der Waals surface area contributed by atoms with E-state index in [0.29, 0.717) is 18.9 Å². The number of nitrogens with zero attached hydrogens (tertiary/aromatic N) is 1. The van der Waals surface area contributed by atoms with Crippen LogP contribution in [0.4, 0.5) is 0 Å². The molecule has 0 saturated carbocycles. The lowest BCUT2D eigenvalue weighted by atomic mass is 10.1. The third-order valence-corrected chi connectivity index (χ3v) is 4.13. The Labute approximate surface area is 145 Å². The van der Waals surface area contributed by atoms with E-state index in [0.717, 1.165) is 30.3 Å². The molecule has 0 unspecified atom stereocenters. The van der Waals surface area contributed by atoms with Gasteiger partial charge in [0, 0.05) is 12.8 Å². The molecule has 0 aromatic rings. The van der Waals surface area contributed by atoms with Gasteiger partial charge in [0.15, 0.2) is 5.78 Å². The van der Waals surface area contributed by atoms with E-state index in [1.807, 2.05) is 0 Å². The maximum atomic E-state index is 12.0. The number of unbranched alkanes of at least 4 members (excludes halogenated alkanes) is 8. The molecule has 0 spiro atoms. The van der Waals surface area contributed by atoms with Crippen LogP contribution in [0.15, 0.2) is 0 Å². The van der Waals surface area contributed by atoms with Crippen molar-refractivity contribution < 1.29 is 21.7 Å². The third kappa shape index (κ3) is 16.3. The van der Waals surface area contributed by atoms with Gasteiger partial charge >= 0.3 is 0 Å². The Morgan fingerprint density at radius 2 is 1.36 bits per heavy atom. The number of nitrogens with two attached hydrogens (primary N) is 1. The SMILES string of the molecule is CCCCCCCCCCCC(=O)C[N+](C)(C)CCCN.[Cl-]. The first-order valence-electron chi connectivity index (χ1n) is 9.05. The molecule has 0 rings (SSSR count). The van der Waals surface area contributed by atoms with E-state index in [9.17, 15) is 4.79 Å². The van der Waals surface area contributed by atoms with E-state index >= 15 is 0 Å². The molecule has 4 heteroatoms. The molecule has 0 heterocycles. The van der Waals surface area contributed by atoms with Gasteiger partial charge in [0.05, 0.1) is 20.6 Å². The van der Waals surface area contributed by atoms with Gasteiger partial charge in [-0.05, 0) is 13.0 Å². The number of likely N-dealkylation sites (N-methyl/N-ethyl adjacent to an activating group) is 1. The van der Waals surface area contributed by atoms with Crippen molar-refractivity contribution in [1.82, 2.24) is 0 Å². The van der Waals surface area contributed by atoms with Gasteiger partial charge in [-0.2, -0.15) is 0 Å². The minimum atomic E-state index is 0. The third-order valence-electron chi connectivity index (χ3n) is 4.13. The first kappa shape index (κ1) is 24.1. The van der Waals surface area contributed by atoms with Gasteiger partial charge < -0.3 is 22.6 Å². The zero-order valence-corrected chi connectivity index (χ0v) is 16.0. The molecule has 0 aliphatic rings. The largest absolute Gasteiger partial charge is 1.00 e. The van der Waals surface area contributed by atoms with Gasteiger partial charge in [-0.3, -0.25) is 4.79 Å². The van der Waals surface area contributed by atoms with Crippen molar-refractivity contribution in [3.05, 3.63) is 0 Å². The molecule has 0 amide bonds.